The van der Waals surface area contributed by atoms with Crippen molar-refractivity contribution in [2.24, 2.45) is 0 Å². The molecule has 102 valence electrons. The molecule has 1 aromatic heterocycles. The van der Waals surface area contributed by atoms with E-state index in [4.69, 9.17) is 4.74 Å². The lowest BCUT2D eigenvalue weighted by Crippen LogP contribution is -2.39. The Labute approximate surface area is 113 Å². The highest BCUT2D eigenvalue weighted by Crippen LogP contribution is 2.16. The fourth-order valence-electron chi connectivity index (χ4n) is 2.03. The van der Waals surface area contributed by atoms with E-state index in [1.54, 1.807) is 0 Å². The minimum absolute atomic E-state index is 0.582. The highest BCUT2D eigenvalue weighted by molar-refractivity contribution is 5.55. The molecule has 0 aromatic carbocycles. The Hall–Kier alpha value is -1.71. The van der Waals surface area contributed by atoms with Crippen molar-refractivity contribution in [1.29, 1.82) is 5.26 Å². The van der Waals surface area contributed by atoms with Gasteiger partial charge in [-0.25, -0.2) is 0 Å². The largest absolute Gasteiger partial charge is 0.379 e. The highest BCUT2D eigenvalue weighted by atomic mass is 16.5. The molecule has 2 rings (SSSR count). The van der Waals surface area contributed by atoms with Crippen LogP contribution >= 0.6 is 0 Å². The summed E-state index contributed by atoms with van der Waals surface area (Å²) in [7, 11) is 0. The van der Waals surface area contributed by atoms with Crippen LogP contribution in [0.5, 0.6) is 0 Å². The van der Waals surface area contributed by atoms with Gasteiger partial charge in [0.2, 0.25) is 0 Å². The SMILES string of the molecule is Cc1nnc(NCCN2CCOCC2)c(C#N)c1C. The van der Waals surface area contributed by atoms with E-state index in [2.05, 4.69) is 26.5 Å². The topological polar surface area (TPSA) is 74.1 Å². The molecule has 1 fully saturated rings. The standard InChI is InChI=1S/C13H19N5O/c1-10-11(2)16-17-13(12(10)9-14)15-3-4-18-5-7-19-8-6-18/h3-8H2,1-2H3,(H,15,17). The van der Waals surface area contributed by atoms with E-state index in [9.17, 15) is 5.26 Å². The second-order valence-corrected chi connectivity index (χ2v) is 4.63. The third-order valence-electron chi connectivity index (χ3n) is 3.39. The summed E-state index contributed by atoms with van der Waals surface area (Å²) in [6.07, 6.45) is 0. The summed E-state index contributed by atoms with van der Waals surface area (Å²) in [5.41, 5.74) is 2.29. The van der Waals surface area contributed by atoms with Gasteiger partial charge in [0.05, 0.1) is 18.9 Å². The van der Waals surface area contributed by atoms with Crippen LogP contribution in [0.2, 0.25) is 0 Å². The maximum absolute atomic E-state index is 9.19. The van der Waals surface area contributed by atoms with Crippen LogP contribution in [-0.4, -0.2) is 54.5 Å². The Morgan fingerprint density at radius 3 is 2.74 bits per heavy atom. The van der Waals surface area contributed by atoms with E-state index in [1.165, 1.54) is 0 Å². The summed E-state index contributed by atoms with van der Waals surface area (Å²) >= 11 is 0. The molecule has 1 aliphatic heterocycles. The quantitative estimate of drug-likeness (QED) is 0.860. The lowest BCUT2D eigenvalue weighted by Gasteiger charge is -2.26. The van der Waals surface area contributed by atoms with Crippen LogP contribution < -0.4 is 5.32 Å². The number of rotatable bonds is 4. The molecule has 2 heterocycles. The Morgan fingerprint density at radius 1 is 1.32 bits per heavy atom. The van der Waals surface area contributed by atoms with E-state index in [1.807, 2.05) is 13.8 Å². The molecule has 0 radical (unpaired) electrons. The van der Waals surface area contributed by atoms with Crippen molar-refractivity contribution in [3.63, 3.8) is 0 Å². The second kappa shape index (κ2) is 6.45. The van der Waals surface area contributed by atoms with Gasteiger partial charge in [0.25, 0.3) is 0 Å². The smallest absolute Gasteiger partial charge is 0.166 e. The third kappa shape index (κ3) is 3.40. The molecule has 1 saturated heterocycles. The van der Waals surface area contributed by atoms with E-state index >= 15 is 0 Å². The van der Waals surface area contributed by atoms with Gasteiger partial charge in [-0.2, -0.15) is 10.4 Å². The molecular formula is C13H19N5O. The Kier molecular flexibility index (Phi) is 4.66. The van der Waals surface area contributed by atoms with Crippen LogP contribution in [0.3, 0.4) is 0 Å². The first-order chi connectivity index (χ1) is 9.22. The van der Waals surface area contributed by atoms with Crippen LogP contribution in [0.4, 0.5) is 5.82 Å². The maximum Gasteiger partial charge on any atom is 0.166 e. The number of aromatic nitrogens is 2. The zero-order valence-electron chi connectivity index (χ0n) is 11.4. The Bertz CT molecular complexity index is 477. The first-order valence-corrected chi connectivity index (χ1v) is 6.50. The molecule has 1 aromatic rings. The maximum atomic E-state index is 9.19. The Balaban J connectivity index is 1.92. The zero-order chi connectivity index (χ0) is 13.7. The second-order valence-electron chi connectivity index (χ2n) is 4.63. The van der Waals surface area contributed by atoms with Crippen molar-refractivity contribution < 1.29 is 4.74 Å². The third-order valence-corrected chi connectivity index (χ3v) is 3.39. The highest BCUT2D eigenvalue weighted by Gasteiger charge is 2.12. The molecule has 0 bridgehead atoms. The minimum Gasteiger partial charge on any atom is -0.379 e. The fourth-order valence-corrected chi connectivity index (χ4v) is 2.03. The van der Waals surface area contributed by atoms with E-state index in [0.29, 0.717) is 11.4 Å². The minimum atomic E-state index is 0.582. The summed E-state index contributed by atoms with van der Waals surface area (Å²) in [6, 6.07) is 2.19. The molecule has 0 atom stereocenters. The van der Waals surface area contributed by atoms with Crippen LogP contribution in [0.1, 0.15) is 16.8 Å². The predicted molar refractivity (Wildman–Crippen MR) is 72.0 cm³/mol. The average molecular weight is 261 g/mol. The number of hydrogen-bond donors (Lipinski definition) is 1. The molecule has 6 nitrogen and oxygen atoms in total. The molecule has 0 spiro atoms. The zero-order valence-corrected chi connectivity index (χ0v) is 11.4. The number of ether oxygens (including phenoxy) is 1. The number of nitrogens with zero attached hydrogens (tertiary/aromatic N) is 4. The fraction of sp³-hybridized carbons (Fsp3) is 0.615. The van der Waals surface area contributed by atoms with Crippen molar-refractivity contribution in [2.75, 3.05) is 44.7 Å². The van der Waals surface area contributed by atoms with Crippen molar-refractivity contribution >= 4 is 5.82 Å². The number of nitrogens with one attached hydrogen (secondary N) is 1. The average Bonchev–Trinajstić information content (AvgIpc) is 2.44. The van der Waals surface area contributed by atoms with Gasteiger partial charge in [0, 0.05) is 26.2 Å². The normalized spacial score (nSPS) is 16.1. The Morgan fingerprint density at radius 2 is 2.05 bits per heavy atom. The van der Waals surface area contributed by atoms with E-state index in [0.717, 1.165) is 50.7 Å². The van der Waals surface area contributed by atoms with Crippen molar-refractivity contribution in [1.82, 2.24) is 15.1 Å². The van der Waals surface area contributed by atoms with Gasteiger partial charge in [-0.05, 0) is 19.4 Å². The van der Waals surface area contributed by atoms with Crippen LogP contribution in [0.15, 0.2) is 0 Å². The molecule has 0 saturated carbocycles. The monoisotopic (exact) mass is 261 g/mol. The summed E-state index contributed by atoms with van der Waals surface area (Å²) in [5, 5.41) is 20.5. The number of morpholine rings is 1. The molecule has 0 unspecified atom stereocenters. The first kappa shape index (κ1) is 13.7. The lowest BCUT2D eigenvalue weighted by atomic mass is 10.1. The summed E-state index contributed by atoms with van der Waals surface area (Å²) in [5.74, 6) is 0.582. The molecule has 1 N–H and O–H groups in total. The summed E-state index contributed by atoms with van der Waals surface area (Å²) in [4.78, 5) is 2.33. The first-order valence-electron chi connectivity index (χ1n) is 6.50. The van der Waals surface area contributed by atoms with Gasteiger partial charge in [-0.3, -0.25) is 4.90 Å². The van der Waals surface area contributed by atoms with E-state index < -0.39 is 0 Å². The molecule has 0 amide bonds. The molecule has 0 aliphatic carbocycles. The van der Waals surface area contributed by atoms with Crippen molar-refractivity contribution in [3.8, 4) is 6.07 Å². The molecule has 6 heteroatoms. The molecule has 1 aliphatic rings. The van der Waals surface area contributed by atoms with Crippen molar-refractivity contribution in [2.45, 2.75) is 13.8 Å². The van der Waals surface area contributed by atoms with Crippen LogP contribution in [-0.2, 0) is 4.74 Å². The lowest BCUT2D eigenvalue weighted by molar-refractivity contribution is 0.0398. The molecular weight excluding hydrogens is 242 g/mol. The number of aryl methyl sites for hydroxylation is 1. The van der Waals surface area contributed by atoms with Crippen LogP contribution in [0.25, 0.3) is 0 Å². The van der Waals surface area contributed by atoms with Gasteiger partial charge in [0.1, 0.15) is 11.6 Å². The number of anilines is 1. The van der Waals surface area contributed by atoms with Gasteiger partial charge in [-0.1, -0.05) is 0 Å². The van der Waals surface area contributed by atoms with Gasteiger partial charge in [-0.15, -0.1) is 5.10 Å². The van der Waals surface area contributed by atoms with Gasteiger partial charge < -0.3 is 10.1 Å². The molecule has 19 heavy (non-hydrogen) atoms. The van der Waals surface area contributed by atoms with Crippen LogP contribution in [0, 0.1) is 25.2 Å². The van der Waals surface area contributed by atoms with Gasteiger partial charge >= 0.3 is 0 Å². The predicted octanol–water partition coefficient (Wildman–Crippen LogP) is 0.709. The van der Waals surface area contributed by atoms with Gasteiger partial charge in [0.15, 0.2) is 5.82 Å². The summed E-state index contributed by atoms with van der Waals surface area (Å²) in [6.45, 7) is 8.96. The number of hydrogen-bond acceptors (Lipinski definition) is 6. The summed E-state index contributed by atoms with van der Waals surface area (Å²) < 4.78 is 5.30. The van der Waals surface area contributed by atoms with E-state index in [-0.39, 0.29) is 0 Å². The number of nitriles is 1. The van der Waals surface area contributed by atoms with Crippen molar-refractivity contribution in [3.05, 3.63) is 16.8 Å².